The fraction of sp³-hybridized carbons (Fsp3) is 0.444. The highest BCUT2D eigenvalue weighted by molar-refractivity contribution is 8.45. The first-order chi connectivity index (χ1) is 20.4. The van der Waals surface area contributed by atoms with Gasteiger partial charge in [0.2, 0.25) is 11.8 Å². The molecule has 1 saturated heterocycles. The molecule has 9 nitrogen and oxygen atoms in total. The number of halogens is 7. The van der Waals surface area contributed by atoms with Gasteiger partial charge in [-0.1, -0.05) is 19.4 Å². The number of likely N-dealkylation sites (tertiary alicyclic amines) is 1. The van der Waals surface area contributed by atoms with Gasteiger partial charge in [-0.2, -0.15) is 10.5 Å². The molecule has 1 saturated carbocycles. The topological polar surface area (TPSA) is 122 Å². The van der Waals surface area contributed by atoms with Crippen LogP contribution < -0.4 is 10.2 Å². The summed E-state index contributed by atoms with van der Waals surface area (Å²) in [4.78, 5) is 31.6. The second kappa shape index (κ2) is 11.1. The second-order valence-corrected chi connectivity index (χ2v) is 13.1. The number of benzene rings is 1. The van der Waals surface area contributed by atoms with Gasteiger partial charge in [-0.3, -0.25) is 24.4 Å². The Bertz CT molecular complexity index is 1500. The quantitative estimate of drug-likeness (QED) is 0.277. The Morgan fingerprint density at radius 2 is 1.75 bits per heavy atom. The zero-order chi connectivity index (χ0) is 32.6. The van der Waals surface area contributed by atoms with Gasteiger partial charge < -0.3 is 10.1 Å². The van der Waals surface area contributed by atoms with E-state index in [1.165, 1.54) is 19.4 Å². The largest absolute Gasteiger partial charge is 0.379 e. The van der Waals surface area contributed by atoms with Crippen molar-refractivity contribution >= 4 is 27.7 Å². The van der Waals surface area contributed by atoms with E-state index in [9.17, 15) is 48.3 Å². The molecule has 2 heterocycles. The lowest BCUT2D eigenvalue weighted by Crippen LogP contribution is -2.52. The normalized spacial score (nSPS) is 22.5. The third-order valence-corrected chi connectivity index (χ3v) is 8.81. The van der Waals surface area contributed by atoms with E-state index in [-0.39, 0.29) is 49.1 Å². The number of ether oxygens (including phenoxy) is 1. The molecule has 17 heteroatoms. The number of carbonyl (C=O) groups excluding carboxylic acids is 2. The molecule has 0 bridgehead atoms. The minimum Gasteiger partial charge on any atom is -0.379 e. The van der Waals surface area contributed by atoms with Crippen molar-refractivity contribution in [2.45, 2.75) is 67.2 Å². The molecule has 1 N–H and O–H groups in total. The SMILES string of the molecule is CO[C@@H]1C[C@H](C(=O)N(c2ccc(S(F)(F)(F)(F)F)cc2)C(C(=O)NC2CCC(F)(F)CC2)c2cnccc2C#N)N(C#N)C1. The fourth-order valence-corrected chi connectivity index (χ4v) is 5.98. The molecule has 2 amide bonds. The van der Waals surface area contributed by atoms with E-state index in [1.807, 2.05) is 12.3 Å². The number of nitriles is 2. The summed E-state index contributed by atoms with van der Waals surface area (Å²) in [6.45, 7) is -0.0378. The standard InChI is InChI=1S/C27H27F7N6O3S/c1-43-20-12-23(39(15-20)16-36)26(42)40(19-2-4-21(5-3-19)44(30,31,32,33)34)24(22-14-37-11-8-17(22)13-35)25(41)38-18-6-9-27(28,29)10-7-18/h2-5,8,11,14,18,20,23-24H,6-7,9-10,12,15H2,1H3,(H,38,41)/t20-,23-,24?/m1/s1. The van der Waals surface area contributed by atoms with Crippen molar-refractivity contribution in [2.24, 2.45) is 0 Å². The third-order valence-electron chi connectivity index (χ3n) is 7.64. The van der Waals surface area contributed by atoms with Crippen LogP contribution in [-0.4, -0.2) is 59.5 Å². The van der Waals surface area contributed by atoms with Crippen LogP contribution in [0.3, 0.4) is 0 Å². The summed E-state index contributed by atoms with van der Waals surface area (Å²) in [5.41, 5.74) is -0.777. The number of methoxy groups -OCH3 is 1. The Morgan fingerprint density at radius 1 is 1.11 bits per heavy atom. The molecule has 1 aliphatic heterocycles. The van der Waals surface area contributed by atoms with Crippen LogP contribution in [0.1, 0.15) is 49.3 Å². The molecule has 2 aromatic rings. The molecule has 0 spiro atoms. The molecule has 44 heavy (non-hydrogen) atoms. The number of pyridine rings is 1. The van der Waals surface area contributed by atoms with Gasteiger partial charge in [0.05, 0.1) is 24.3 Å². The molecule has 1 unspecified atom stereocenters. The van der Waals surface area contributed by atoms with Crippen molar-refractivity contribution in [3.05, 3.63) is 53.9 Å². The van der Waals surface area contributed by atoms with Crippen molar-refractivity contribution < 1.29 is 42.5 Å². The van der Waals surface area contributed by atoms with E-state index in [0.717, 1.165) is 11.1 Å². The number of amides is 2. The van der Waals surface area contributed by atoms with E-state index in [4.69, 9.17) is 4.74 Å². The zero-order valence-electron chi connectivity index (χ0n) is 23.1. The summed E-state index contributed by atoms with van der Waals surface area (Å²) in [5.74, 6) is -4.92. The highest BCUT2D eigenvalue weighted by Gasteiger charge is 2.65. The van der Waals surface area contributed by atoms with Crippen molar-refractivity contribution in [3.8, 4) is 12.3 Å². The number of aromatic nitrogens is 1. The molecule has 1 aliphatic carbocycles. The minimum absolute atomic E-state index is 0.0378. The highest BCUT2D eigenvalue weighted by Crippen LogP contribution is 3.02. The molecule has 2 aliphatic rings. The molecular formula is C27H27F7N6O3S. The Balaban J connectivity index is 1.86. The summed E-state index contributed by atoms with van der Waals surface area (Å²) < 4.78 is 100. The van der Waals surface area contributed by atoms with E-state index in [2.05, 4.69) is 10.3 Å². The minimum atomic E-state index is -10.1. The molecule has 4 rings (SSSR count). The smallest absolute Gasteiger partial charge is 0.310 e. The van der Waals surface area contributed by atoms with Gasteiger partial charge in [0.15, 0.2) is 6.19 Å². The number of alkyl halides is 2. The molecule has 3 atom stereocenters. The lowest BCUT2D eigenvalue weighted by molar-refractivity contribution is -0.129. The summed E-state index contributed by atoms with van der Waals surface area (Å²) in [6, 6.07) is 0.450. The second-order valence-electron chi connectivity index (χ2n) is 10.6. The van der Waals surface area contributed by atoms with Gasteiger partial charge in [-0.25, -0.2) is 8.78 Å². The summed E-state index contributed by atoms with van der Waals surface area (Å²) in [7, 11) is -8.80. The summed E-state index contributed by atoms with van der Waals surface area (Å²) >= 11 is 0. The first kappa shape index (κ1) is 32.8. The molecule has 0 radical (unpaired) electrons. The Hall–Kier alpha value is -4.09. The average Bonchev–Trinajstić information content (AvgIpc) is 3.39. The fourth-order valence-electron chi connectivity index (χ4n) is 5.33. The summed E-state index contributed by atoms with van der Waals surface area (Å²) in [6.07, 6.45) is 2.11. The van der Waals surface area contributed by atoms with Crippen molar-refractivity contribution in [1.29, 1.82) is 10.5 Å². The van der Waals surface area contributed by atoms with Gasteiger partial charge >= 0.3 is 10.2 Å². The first-order valence-electron chi connectivity index (χ1n) is 13.3. The van der Waals surface area contributed by atoms with Crippen molar-refractivity contribution in [3.63, 3.8) is 0 Å². The van der Waals surface area contributed by atoms with Crippen LogP contribution in [0, 0.1) is 22.8 Å². The van der Waals surface area contributed by atoms with Crippen LogP contribution in [0.15, 0.2) is 47.6 Å². The van der Waals surface area contributed by atoms with Crippen LogP contribution >= 0.6 is 10.2 Å². The number of nitrogens with zero attached hydrogens (tertiary/aromatic N) is 5. The van der Waals surface area contributed by atoms with E-state index < -0.39 is 75.6 Å². The highest BCUT2D eigenvalue weighted by atomic mass is 32.5. The monoisotopic (exact) mass is 648 g/mol. The number of hydrogen-bond acceptors (Lipinski definition) is 7. The number of anilines is 1. The number of carbonyl (C=O) groups is 2. The van der Waals surface area contributed by atoms with Crippen LogP contribution in [-0.2, 0) is 14.3 Å². The van der Waals surface area contributed by atoms with Gasteiger partial charge in [0, 0.05) is 56.1 Å². The van der Waals surface area contributed by atoms with Gasteiger partial charge in [0.1, 0.15) is 17.0 Å². The number of nitrogens with one attached hydrogen (secondary N) is 1. The predicted octanol–water partition coefficient (Wildman–Crippen LogP) is 5.95. The lowest BCUT2D eigenvalue weighted by atomic mass is 9.91. The van der Waals surface area contributed by atoms with Gasteiger partial charge in [0.25, 0.3) is 5.91 Å². The lowest BCUT2D eigenvalue weighted by Gasteiger charge is -2.41. The maximum Gasteiger partial charge on any atom is 0.310 e. The molecule has 1 aromatic heterocycles. The van der Waals surface area contributed by atoms with Gasteiger partial charge in [-0.05, 0) is 43.2 Å². The first-order valence-corrected chi connectivity index (χ1v) is 15.2. The van der Waals surface area contributed by atoms with Crippen LogP contribution in [0.5, 0.6) is 0 Å². The van der Waals surface area contributed by atoms with E-state index in [1.54, 1.807) is 0 Å². The van der Waals surface area contributed by atoms with Crippen LogP contribution in [0.25, 0.3) is 0 Å². The predicted molar refractivity (Wildman–Crippen MR) is 144 cm³/mol. The third kappa shape index (κ3) is 7.16. The van der Waals surface area contributed by atoms with E-state index >= 15 is 0 Å². The van der Waals surface area contributed by atoms with Crippen LogP contribution in [0.4, 0.5) is 33.9 Å². The van der Waals surface area contributed by atoms with Crippen LogP contribution in [0.2, 0.25) is 0 Å². The number of rotatable bonds is 8. The number of hydrogen-bond donors (Lipinski definition) is 1. The maximum atomic E-state index is 14.2. The maximum absolute atomic E-state index is 14.2. The Labute approximate surface area is 247 Å². The molecule has 1 aromatic carbocycles. The molecule has 238 valence electrons. The summed E-state index contributed by atoms with van der Waals surface area (Å²) in [5, 5.41) is 22.1. The molecule has 2 fully saturated rings. The van der Waals surface area contributed by atoms with E-state index in [0.29, 0.717) is 17.0 Å². The average molecular weight is 649 g/mol. The van der Waals surface area contributed by atoms with Crippen molar-refractivity contribution in [2.75, 3.05) is 18.6 Å². The molecular weight excluding hydrogens is 621 g/mol. The Morgan fingerprint density at radius 3 is 2.30 bits per heavy atom. The Kier molecular flexibility index (Phi) is 8.29. The van der Waals surface area contributed by atoms with Crippen molar-refractivity contribution in [1.82, 2.24) is 15.2 Å². The van der Waals surface area contributed by atoms with Gasteiger partial charge in [-0.15, -0.1) is 0 Å². The zero-order valence-corrected chi connectivity index (χ0v) is 23.9.